The quantitative estimate of drug-likeness (QED) is 0.707. The van der Waals surface area contributed by atoms with Gasteiger partial charge in [-0.05, 0) is 32.5 Å². The van der Waals surface area contributed by atoms with Crippen LogP contribution in [0.25, 0.3) is 0 Å². The lowest BCUT2D eigenvalue weighted by Crippen LogP contribution is -2.48. The van der Waals surface area contributed by atoms with Crippen LogP contribution in [0.1, 0.15) is 18.4 Å². The summed E-state index contributed by atoms with van der Waals surface area (Å²) in [6.45, 7) is 0.686. The maximum absolute atomic E-state index is 12.4. The second kappa shape index (κ2) is 8.48. The Hall–Kier alpha value is -2.14. The van der Waals surface area contributed by atoms with Crippen LogP contribution in [-0.2, 0) is 16.0 Å². The maximum atomic E-state index is 12.4. The Labute approximate surface area is 137 Å². The molecule has 1 fully saturated rings. The summed E-state index contributed by atoms with van der Waals surface area (Å²) < 4.78 is 0. The van der Waals surface area contributed by atoms with Crippen LogP contribution in [-0.4, -0.2) is 49.4 Å². The molecule has 1 unspecified atom stereocenters. The molecule has 1 aliphatic rings. The minimum atomic E-state index is -0.547. The summed E-state index contributed by atoms with van der Waals surface area (Å²) in [5.41, 5.74) is 1.03. The van der Waals surface area contributed by atoms with Gasteiger partial charge in [0.1, 0.15) is 6.04 Å². The minimum Gasteiger partial charge on any atom is -0.352 e. The van der Waals surface area contributed by atoms with Crippen molar-refractivity contribution in [1.29, 1.82) is 0 Å². The number of hydrogen-bond donors (Lipinski definition) is 2. The van der Waals surface area contributed by atoms with Crippen molar-refractivity contribution in [2.45, 2.75) is 31.3 Å². The fourth-order valence-electron chi connectivity index (χ4n) is 2.18. The van der Waals surface area contributed by atoms with Crippen LogP contribution in [0.3, 0.4) is 0 Å². The largest absolute Gasteiger partial charge is 0.352 e. The van der Waals surface area contributed by atoms with E-state index in [1.54, 1.807) is 6.08 Å². The first-order valence-electron chi connectivity index (χ1n) is 8.00. The maximum Gasteiger partial charge on any atom is 0.244 e. The molecule has 5 nitrogen and oxygen atoms in total. The van der Waals surface area contributed by atoms with E-state index in [1.807, 2.05) is 49.3 Å². The number of benzene rings is 1. The lowest BCUT2D eigenvalue weighted by atomic mass is 10.1. The van der Waals surface area contributed by atoms with Gasteiger partial charge in [0, 0.05) is 25.1 Å². The molecule has 0 saturated heterocycles. The van der Waals surface area contributed by atoms with Crippen molar-refractivity contribution in [1.82, 2.24) is 15.5 Å². The molecule has 1 aromatic carbocycles. The van der Waals surface area contributed by atoms with Crippen molar-refractivity contribution in [3.8, 4) is 0 Å². The standard InChI is InChI=1S/C18H25N3O2/c1-21(2)12-6-9-17(22)20-16(18(23)19-15-10-11-15)13-14-7-4-3-5-8-14/h3-9,15-16H,10-13H2,1-2H3,(H,19,23)(H,20,22)/b9-6+. The summed E-state index contributed by atoms with van der Waals surface area (Å²) in [6, 6.07) is 9.47. The van der Waals surface area contributed by atoms with E-state index in [9.17, 15) is 9.59 Å². The molecule has 0 spiro atoms. The summed E-state index contributed by atoms with van der Waals surface area (Å²) >= 11 is 0. The highest BCUT2D eigenvalue weighted by Gasteiger charge is 2.28. The number of nitrogens with one attached hydrogen (secondary N) is 2. The molecular weight excluding hydrogens is 290 g/mol. The number of carbonyl (C=O) groups is 2. The van der Waals surface area contributed by atoms with Crippen molar-refractivity contribution in [2.24, 2.45) is 0 Å². The third-order valence-electron chi connectivity index (χ3n) is 3.58. The van der Waals surface area contributed by atoms with Crippen LogP contribution >= 0.6 is 0 Å². The smallest absolute Gasteiger partial charge is 0.244 e. The molecule has 2 N–H and O–H groups in total. The van der Waals surface area contributed by atoms with Gasteiger partial charge in [0.25, 0.3) is 0 Å². The van der Waals surface area contributed by atoms with Crippen LogP contribution < -0.4 is 10.6 Å². The summed E-state index contributed by atoms with van der Waals surface area (Å²) in [6.07, 6.45) is 5.82. The highest BCUT2D eigenvalue weighted by atomic mass is 16.2. The zero-order valence-corrected chi connectivity index (χ0v) is 13.8. The van der Waals surface area contributed by atoms with E-state index in [1.165, 1.54) is 6.08 Å². The van der Waals surface area contributed by atoms with E-state index in [-0.39, 0.29) is 17.9 Å². The average molecular weight is 315 g/mol. The van der Waals surface area contributed by atoms with Crippen LogP contribution in [0.15, 0.2) is 42.5 Å². The van der Waals surface area contributed by atoms with E-state index < -0.39 is 6.04 Å². The first-order valence-corrected chi connectivity index (χ1v) is 8.00. The molecule has 1 saturated carbocycles. The van der Waals surface area contributed by atoms with Gasteiger partial charge in [0.05, 0.1) is 0 Å². The zero-order chi connectivity index (χ0) is 16.7. The van der Waals surface area contributed by atoms with E-state index in [2.05, 4.69) is 10.6 Å². The van der Waals surface area contributed by atoms with Crippen molar-refractivity contribution in [3.63, 3.8) is 0 Å². The van der Waals surface area contributed by atoms with Crippen molar-refractivity contribution in [3.05, 3.63) is 48.0 Å². The fourth-order valence-corrected chi connectivity index (χ4v) is 2.18. The molecule has 1 atom stereocenters. The number of likely N-dealkylation sites (N-methyl/N-ethyl adjacent to an activating group) is 1. The number of nitrogens with zero attached hydrogens (tertiary/aromatic N) is 1. The molecule has 124 valence electrons. The van der Waals surface area contributed by atoms with Gasteiger partial charge < -0.3 is 15.5 Å². The molecule has 2 amide bonds. The third-order valence-corrected chi connectivity index (χ3v) is 3.58. The second-order valence-corrected chi connectivity index (χ2v) is 6.20. The summed E-state index contributed by atoms with van der Waals surface area (Å²) in [5.74, 6) is -0.343. The third kappa shape index (κ3) is 6.65. The summed E-state index contributed by atoms with van der Waals surface area (Å²) in [7, 11) is 3.87. The highest BCUT2D eigenvalue weighted by molar-refractivity contribution is 5.93. The average Bonchev–Trinajstić information content (AvgIpc) is 3.31. The Morgan fingerprint density at radius 2 is 1.96 bits per heavy atom. The first kappa shape index (κ1) is 17.2. The van der Waals surface area contributed by atoms with E-state index in [4.69, 9.17) is 0 Å². The van der Waals surface area contributed by atoms with Gasteiger partial charge in [-0.3, -0.25) is 9.59 Å². The lowest BCUT2D eigenvalue weighted by Gasteiger charge is -2.18. The van der Waals surface area contributed by atoms with Crippen LogP contribution in [0.4, 0.5) is 0 Å². The van der Waals surface area contributed by atoms with Crippen molar-refractivity contribution in [2.75, 3.05) is 20.6 Å². The SMILES string of the molecule is CN(C)C/C=C/C(=O)NC(Cc1ccccc1)C(=O)NC1CC1. The molecule has 23 heavy (non-hydrogen) atoms. The number of carbonyl (C=O) groups excluding carboxylic acids is 2. The molecule has 0 aromatic heterocycles. The van der Waals surface area contributed by atoms with Crippen LogP contribution in [0.2, 0.25) is 0 Å². The molecule has 0 radical (unpaired) electrons. The highest BCUT2D eigenvalue weighted by Crippen LogP contribution is 2.19. The second-order valence-electron chi connectivity index (χ2n) is 6.20. The van der Waals surface area contributed by atoms with Gasteiger partial charge in [-0.25, -0.2) is 0 Å². The molecule has 1 aliphatic carbocycles. The van der Waals surface area contributed by atoms with E-state index >= 15 is 0 Å². The van der Waals surface area contributed by atoms with Gasteiger partial charge in [-0.15, -0.1) is 0 Å². The number of amides is 2. The molecule has 5 heteroatoms. The number of hydrogen-bond acceptors (Lipinski definition) is 3. The predicted molar refractivity (Wildman–Crippen MR) is 90.9 cm³/mol. The molecule has 0 aliphatic heterocycles. The van der Waals surface area contributed by atoms with Gasteiger partial charge in [-0.2, -0.15) is 0 Å². The Kier molecular flexibility index (Phi) is 6.35. The van der Waals surface area contributed by atoms with E-state index in [0.717, 1.165) is 18.4 Å². The van der Waals surface area contributed by atoms with Gasteiger partial charge in [0.2, 0.25) is 11.8 Å². The summed E-state index contributed by atoms with van der Waals surface area (Å²) in [4.78, 5) is 26.4. The van der Waals surface area contributed by atoms with Gasteiger partial charge in [0.15, 0.2) is 0 Å². The van der Waals surface area contributed by atoms with Crippen LogP contribution in [0.5, 0.6) is 0 Å². The summed E-state index contributed by atoms with van der Waals surface area (Å²) in [5, 5.41) is 5.78. The monoisotopic (exact) mass is 315 g/mol. The Bertz CT molecular complexity index is 551. The Morgan fingerprint density at radius 3 is 2.57 bits per heavy atom. The molecular formula is C18H25N3O2. The fraction of sp³-hybridized carbons (Fsp3) is 0.444. The molecule has 1 aromatic rings. The van der Waals surface area contributed by atoms with E-state index in [0.29, 0.717) is 13.0 Å². The lowest BCUT2D eigenvalue weighted by molar-refractivity contribution is -0.127. The van der Waals surface area contributed by atoms with Crippen LogP contribution in [0, 0.1) is 0 Å². The number of rotatable bonds is 8. The van der Waals surface area contributed by atoms with Gasteiger partial charge >= 0.3 is 0 Å². The molecule has 2 rings (SSSR count). The Balaban J connectivity index is 1.95. The molecule has 0 bridgehead atoms. The zero-order valence-electron chi connectivity index (χ0n) is 13.8. The van der Waals surface area contributed by atoms with Crippen molar-refractivity contribution < 1.29 is 9.59 Å². The topological polar surface area (TPSA) is 61.4 Å². The Morgan fingerprint density at radius 1 is 1.26 bits per heavy atom. The normalized spacial score (nSPS) is 15.6. The predicted octanol–water partition coefficient (Wildman–Crippen LogP) is 1.11. The minimum absolute atomic E-state index is 0.106. The van der Waals surface area contributed by atoms with Gasteiger partial charge in [-0.1, -0.05) is 36.4 Å². The first-order chi connectivity index (χ1) is 11.0. The molecule has 0 heterocycles. The van der Waals surface area contributed by atoms with Crippen molar-refractivity contribution >= 4 is 11.8 Å².